The van der Waals surface area contributed by atoms with Gasteiger partial charge in [0.1, 0.15) is 5.69 Å². The summed E-state index contributed by atoms with van der Waals surface area (Å²) < 4.78 is 0. The van der Waals surface area contributed by atoms with Crippen molar-refractivity contribution in [2.45, 2.75) is 51.5 Å². The zero-order chi connectivity index (χ0) is 15.2. The van der Waals surface area contributed by atoms with Crippen molar-refractivity contribution >= 4 is 11.7 Å². The second-order valence-corrected chi connectivity index (χ2v) is 5.67. The molecule has 1 fully saturated rings. The van der Waals surface area contributed by atoms with E-state index < -0.39 is 0 Å². The highest BCUT2D eigenvalue weighted by Crippen LogP contribution is 2.30. The predicted octanol–water partition coefficient (Wildman–Crippen LogP) is 2.48. The summed E-state index contributed by atoms with van der Waals surface area (Å²) in [5.41, 5.74) is 0.296. The molecule has 1 aromatic rings. The van der Waals surface area contributed by atoms with E-state index >= 15 is 0 Å². The number of carbonyl (C=O) groups excluding carboxylic acids is 2. The molecular formula is C16H23N3O2. The van der Waals surface area contributed by atoms with Crippen molar-refractivity contribution in [3.05, 3.63) is 24.3 Å². The van der Waals surface area contributed by atoms with E-state index in [4.69, 9.17) is 0 Å². The van der Waals surface area contributed by atoms with E-state index in [0.29, 0.717) is 12.1 Å². The number of hydrogen-bond acceptors (Lipinski definition) is 4. The zero-order valence-electron chi connectivity index (χ0n) is 12.8. The molecule has 0 unspecified atom stereocenters. The molecule has 114 valence electrons. The number of Topliss-reactive ketones (excluding diaryl/α,β-unsaturated/α-hetero) is 1. The summed E-state index contributed by atoms with van der Waals surface area (Å²) in [5, 5.41) is 0. The van der Waals surface area contributed by atoms with Crippen LogP contribution in [0.15, 0.2) is 18.6 Å². The fraction of sp³-hybridized carbons (Fsp3) is 0.625. The van der Waals surface area contributed by atoms with Crippen molar-refractivity contribution < 1.29 is 9.59 Å². The van der Waals surface area contributed by atoms with Gasteiger partial charge in [0.2, 0.25) is 0 Å². The highest BCUT2D eigenvalue weighted by atomic mass is 16.2. The van der Waals surface area contributed by atoms with Crippen LogP contribution in [0.3, 0.4) is 0 Å². The van der Waals surface area contributed by atoms with Crippen LogP contribution in [0.1, 0.15) is 55.9 Å². The first kappa shape index (κ1) is 15.6. The molecule has 0 N–H and O–H groups in total. The molecule has 0 radical (unpaired) electrons. The molecule has 1 aliphatic rings. The Labute approximate surface area is 125 Å². The normalized spacial score (nSPS) is 17.2. The van der Waals surface area contributed by atoms with Gasteiger partial charge < -0.3 is 4.90 Å². The molecule has 1 saturated carbocycles. The van der Waals surface area contributed by atoms with Crippen LogP contribution >= 0.6 is 0 Å². The molecule has 2 rings (SSSR count). The van der Waals surface area contributed by atoms with E-state index in [0.717, 1.165) is 25.7 Å². The Morgan fingerprint density at radius 1 is 1.29 bits per heavy atom. The lowest BCUT2D eigenvalue weighted by atomic mass is 9.81. The second kappa shape index (κ2) is 7.29. The molecule has 5 nitrogen and oxygen atoms in total. The van der Waals surface area contributed by atoms with Crippen LogP contribution in [0.4, 0.5) is 0 Å². The van der Waals surface area contributed by atoms with Crippen molar-refractivity contribution in [3.63, 3.8) is 0 Å². The van der Waals surface area contributed by atoms with Gasteiger partial charge in [-0.15, -0.1) is 0 Å². The Bertz CT molecular complexity index is 484. The number of amides is 1. The molecule has 1 amide bonds. The van der Waals surface area contributed by atoms with E-state index in [9.17, 15) is 9.59 Å². The first-order valence-corrected chi connectivity index (χ1v) is 7.71. The first-order chi connectivity index (χ1) is 10.1. The number of nitrogens with zero attached hydrogens (tertiary/aromatic N) is 3. The molecule has 1 aromatic heterocycles. The summed E-state index contributed by atoms with van der Waals surface area (Å²) in [5.74, 6) is 0.193. The molecule has 1 heterocycles. The lowest BCUT2D eigenvalue weighted by molar-refractivity contribution is -0.125. The average Bonchev–Trinajstić information content (AvgIpc) is 2.55. The summed E-state index contributed by atoms with van der Waals surface area (Å²) in [4.78, 5) is 34.4. The minimum absolute atomic E-state index is 0.140. The quantitative estimate of drug-likeness (QED) is 0.835. The largest absolute Gasteiger partial charge is 0.330 e. The standard InChI is InChI=1S/C16H23N3O2/c1-3-14(20)15(12-7-5-4-6-8-12)19(2)16(21)13-11-17-9-10-18-13/h9-12,15H,3-8H2,1-2H3/t15-/m0/s1. The van der Waals surface area contributed by atoms with Crippen LogP contribution in [-0.4, -0.2) is 39.6 Å². The van der Waals surface area contributed by atoms with Gasteiger partial charge in [0.05, 0.1) is 12.2 Å². The molecule has 0 aliphatic heterocycles. The number of carbonyl (C=O) groups is 2. The average molecular weight is 289 g/mol. The third-order valence-electron chi connectivity index (χ3n) is 4.29. The minimum Gasteiger partial charge on any atom is -0.330 e. The number of rotatable bonds is 5. The van der Waals surface area contributed by atoms with Gasteiger partial charge in [0, 0.05) is 25.9 Å². The number of ketones is 1. The lowest BCUT2D eigenvalue weighted by Crippen LogP contribution is -2.47. The molecule has 5 heteroatoms. The van der Waals surface area contributed by atoms with Crippen LogP contribution in [0.2, 0.25) is 0 Å². The minimum atomic E-state index is -0.329. The van der Waals surface area contributed by atoms with Crippen LogP contribution in [0.25, 0.3) is 0 Å². The van der Waals surface area contributed by atoms with E-state index in [-0.39, 0.29) is 23.7 Å². The van der Waals surface area contributed by atoms with Gasteiger partial charge in [0.25, 0.3) is 5.91 Å². The first-order valence-electron chi connectivity index (χ1n) is 7.71. The van der Waals surface area contributed by atoms with Gasteiger partial charge in [-0.25, -0.2) is 4.98 Å². The highest BCUT2D eigenvalue weighted by Gasteiger charge is 2.34. The maximum atomic E-state index is 12.5. The molecule has 0 aromatic carbocycles. The van der Waals surface area contributed by atoms with Crippen molar-refractivity contribution in [1.82, 2.24) is 14.9 Å². The second-order valence-electron chi connectivity index (χ2n) is 5.67. The van der Waals surface area contributed by atoms with Crippen LogP contribution < -0.4 is 0 Å². The van der Waals surface area contributed by atoms with Crippen molar-refractivity contribution in [2.24, 2.45) is 5.92 Å². The maximum absolute atomic E-state index is 12.5. The lowest BCUT2D eigenvalue weighted by Gasteiger charge is -2.35. The predicted molar refractivity (Wildman–Crippen MR) is 79.8 cm³/mol. The van der Waals surface area contributed by atoms with Crippen LogP contribution in [-0.2, 0) is 4.79 Å². The van der Waals surface area contributed by atoms with Gasteiger partial charge in [-0.2, -0.15) is 0 Å². The summed E-state index contributed by atoms with van der Waals surface area (Å²) >= 11 is 0. The summed E-state index contributed by atoms with van der Waals surface area (Å²) in [6, 6.07) is -0.329. The van der Waals surface area contributed by atoms with E-state index in [2.05, 4.69) is 9.97 Å². The molecular weight excluding hydrogens is 266 g/mol. The third kappa shape index (κ3) is 3.65. The topological polar surface area (TPSA) is 63.2 Å². The van der Waals surface area contributed by atoms with Crippen molar-refractivity contribution in [3.8, 4) is 0 Å². The van der Waals surface area contributed by atoms with Gasteiger partial charge in [-0.3, -0.25) is 14.6 Å². The molecule has 0 bridgehead atoms. The Balaban J connectivity index is 2.19. The summed E-state index contributed by atoms with van der Waals surface area (Å²) in [7, 11) is 1.71. The van der Waals surface area contributed by atoms with Gasteiger partial charge in [-0.05, 0) is 18.8 Å². The van der Waals surface area contributed by atoms with Gasteiger partial charge in [0.15, 0.2) is 5.78 Å². The van der Waals surface area contributed by atoms with E-state index in [1.807, 2.05) is 6.92 Å². The third-order valence-corrected chi connectivity index (χ3v) is 4.29. The van der Waals surface area contributed by atoms with E-state index in [1.54, 1.807) is 11.9 Å². The fourth-order valence-corrected chi connectivity index (χ4v) is 3.17. The van der Waals surface area contributed by atoms with Gasteiger partial charge in [-0.1, -0.05) is 26.2 Å². The maximum Gasteiger partial charge on any atom is 0.274 e. The van der Waals surface area contributed by atoms with Crippen molar-refractivity contribution in [1.29, 1.82) is 0 Å². The zero-order valence-corrected chi connectivity index (χ0v) is 12.8. The number of aromatic nitrogens is 2. The molecule has 1 atom stereocenters. The monoisotopic (exact) mass is 289 g/mol. The Morgan fingerprint density at radius 3 is 2.57 bits per heavy atom. The summed E-state index contributed by atoms with van der Waals surface area (Å²) in [6.07, 6.45) is 10.5. The van der Waals surface area contributed by atoms with Crippen LogP contribution in [0.5, 0.6) is 0 Å². The number of hydrogen-bond donors (Lipinski definition) is 0. The molecule has 1 aliphatic carbocycles. The Morgan fingerprint density at radius 2 is 2.00 bits per heavy atom. The molecule has 21 heavy (non-hydrogen) atoms. The highest BCUT2D eigenvalue weighted by molar-refractivity contribution is 5.96. The van der Waals surface area contributed by atoms with Gasteiger partial charge >= 0.3 is 0 Å². The summed E-state index contributed by atoms with van der Waals surface area (Å²) in [6.45, 7) is 1.86. The Kier molecular flexibility index (Phi) is 5.42. The smallest absolute Gasteiger partial charge is 0.274 e. The number of likely N-dealkylation sites (N-methyl/N-ethyl adjacent to an activating group) is 1. The van der Waals surface area contributed by atoms with Crippen molar-refractivity contribution in [2.75, 3.05) is 7.05 Å². The molecule has 0 spiro atoms. The SMILES string of the molecule is CCC(=O)[C@H](C1CCCCC1)N(C)C(=O)c1cnccn1. The molecule has 0 saturated heterocycles. The van der Waals surface area contributed by atoms with Crippen LogP contribution in [0, 0.1) is 5.92 Å². The Hall–Kier alpha value is -1.78. The fourth-order valence-electron chi connectivity index (χ4n) is 3.17. The van der Waals surface area contributed by atoms with E-state index in [1.165, 1.54) is 25.0 Å².